The minimum atomic E-state index is -0.347. The zero-order valence-electron chi connectivity index (χ0n) is 19.5. The van der Waals surface area contributed by atoms with Gasteiger partial charge in [-0.05, 0) is 54.8 Å². The van der Waals surface area contributed by atoms with Crippen molar-refractivity contribution in [2.45, 2.75) is 20.3 Å². The summed E-state index contributed by atoms with van der Waals surface area (Å²) in [6, 6.07) is 10.9. The Morgan fingerprint density at radius 1 is 1.03 bits per heavy atom. The summed E-state index contributed by atoms with van der Waals surface area (Å²) >= 11 is 0. The fraction of sp³-hybridized carbons (Fsp3) is 0.440. The molecule has 33 heavy (non-hydrogen) atoms. The van der Waals surface area contributed by atoms with E-state index < -0.39 is 0 Å². The fourth-order valence-electron chi connectivity index (χ4n) is 3.55. The molecule has 0 unspecified atom stereocenters. The number of nitrogens with one attached hydrogen (secondary N) is 1. The van der Waals surface area contributed by atoms with E-state index >= 15 is 0 Å². The van der Waals surface area contributed by atoms with Crippen LogP contribution in [0, 0.1) is 11.7 Å². The Hall–Kier alpha value is -3.13. The third-order valence-electron chi connectivity index (χ3n) is 5.52. The third-order valence-corrected chi connectivity index (χ3v) is 5.52. The predicted molar refractivity (Wildman–Crippen MR) is 125 cm³/mol. The molecule has 2 aromatic carbocycles. The lowest BCUT2D eigenvalue weighted by Crippen LogP contribution is -2.50. The van der Waals surface area contributed by atoms with E-state index in [0.29, 0.717) is 61.5 Å². The van der Waals surface area contributed by atoms with Crippen molar-refractivity contribution >= 4 is 17.5 Å². The number of ether oxygens (including phenoxy) is 2. The smallest absolute Gasteiger partial charge is 0.254 e. The molecule has 1 saturated heterocycles. The van der Waals surface area contributed by atoms with Crippen molar-refractivity contribution in [2.24, 2.45) is 5.92 Å². The maximum atomic E-state index is 13.0. The third kappa shape index (κ3) is 7.18. The number of anilines is 1. The van der Waals surface area contributed by atoms with Gasteiger partial charge in [-0.1, -0.05) is 13.8 Å². The highest BCUT2D eigenvalue weighted by atomic mass is 19.1. The normalized spacial score (nSPS) is 14.3. The zero-order chi connectivity index (χ0) is 23.8. The number of amides is 2. The van der Waals surface area contributed by atoms with E-state index in [-0.39, 0.29) is 24.2 Å². The van der Waals surface area contributed by atoms with Gasteiger partial charge in [0.15, 0.2) is 11.5 Å². The molecule has 2 aromatic rings. The summed E-state index contributed by atoms with van der Waals surface area (Å²) in [4.78, 5) is 29.0. The molecule has 1 aliphatic rings. The number of halogens is 1. The van der Waals surface area contributed by atoms with Crippen molar-refractivity contribution in [2.75, 3.05) is 51.8 Å². The molecule has 1 N–H and O–H groups in total. The van der Waals surface area contributed by atoms with Gasteiger partial charge in [0.05, 0.1) is 20.3 Å². The van der Waals surface area contributed by atoms with Gasteiger partial charge < -0.3 is 19.7 Å². The number of methoxy groups -OCH3 is 1. The average Bonchev–Trinajstić information content (AvgIpc) is 2.80. The second kappa shape index (κ2) is 11.7. The van der Waals surface area contributed by atoms with E-state index in [0.717, 1.165) is 6.42 Å². The van der Waals surface area contributed by atoms with Gasteiger partial charge in [0.2, 0.25) is 5.91 Å². The zero-order valence-corrected chi connectivity index (χ0v) is 19.5. The van der Waals surface area contributed by atoms with Crippen LogP contribution in [0.5, 0.6) is 11.5 Å². The first-order chi connectivity index (χ1) is 15.9. The lowest BCUT2D eigenvalue weighted by Gasteiger charge is -2.34. The molecule has 1 aliphatic heterocycles. The molecule has 7 nitrogen and oxygen atoms in total. The number of carbonyl (C=O) groups is 2. The largest absolute Gasteiger partial charge is 0.493 e. The quantitative estimate of drug-likeness (QED) is 0.622. The first-order valence-electron chi connectivity index (χ1n) is 11.2. The summed E-state index contributed by atoms with van der Waals surface area (Å²) in [6.07, 6.45) is 0.941. The summed E-state index contributed by atoms with van der Waals surface area (Å²) < 4.78 is 24.2. The van der Waals surface area contributed by atoms with Gasteiger partial charge in [0.25, 0.3) is 5.91 Å². The molecule has 178 valence electrons. The van der Waals surface area contributed by atoms with Crippen LogP contribution in [0.15, 0.2) is 42.5 Å². The van der Waals surface area contributed by atoms with E-state index in [2.05, 4.69) is 19.2 Å². The maximum absolute atomic E-state index is 13.0. The highest BCUT2D eigenvalue weighted by molar-refractivity contribution is 5.95. The second-order valence-corrected chi connectivity index (χ2v) is 8.52. The predicted octanol–water partition coefficient (Wildman–Crippen LogP) is 3.66. The number of piperazine rings is 1. The molecular formula is C25H32FN3O4. The molecule has 2 amide bonds. The number of carbonyl (C=O) groups excluding carboxylic acids is 2. The number of benzene rings is 2. The Morgan fingerprint density at radius 2 is 1.73 bits per heavy atom. The Morgan fingerprint density at radius 3 is 2.36 bits per heavy atom. The summed E-state index contributed by atoms with van der Waals surface area (Å²) in [5.41, 5.74) is 1.10. The topological polar surface area (TPSA) is 71.1 Å². The SMILES string of the molecule is COc1cc(C(=O)N2CCN(CC(=O)Nc3ccc(F)cc3)CC2)ccc1OCCC(C)C. The molecule has 8 heteroatoms. The molecule has 0 radical (unpaired) electrons. The van der Waals surface area contributed by atoms with Crippen LogP contribution < -0.4 is 14.8 Å². The van der Waals surface area contributed by atoms with Gasteiger partial charge in [0, 0.05) is 37.4 Å². The van der Waals surface area contributed by atoms with Crippen molar-refractivity contribution in [1.29, 1.82) is 0 Å². The highest BCUT2D eigenvalue weighted by Crippen LogP contribution is 2.29. The van der Waals surface area contributed by atoms with E-state index in [4.69, 9.17) is 9.47 Å². The van der Waals surface area contributed by atoms with Gasteiger partial charge in [-0.25, -0.2) is 4.39 Å². The van der Waals surface area contributed by atoms with Crippen molar-refractivity contribution in [1.82, 2.24) is 9.80 Å². The van der Waals surface area contributed by atoms with Gasteiger partial charge in [-0.2, -0.15) is 0 Å². The van der Waals surface area contributed by atoms with Crippen molar-refractivity contribution in [3.8, 4) is 11.5 Å². The van der Waals surface area contributed by atoms with Crippen molar-refractivity contribution < 1.29 is 23.5 Å². The standard InChI is InChI=1S/C25H32FN3O4/c1-18(2)10-15-33-22-9-4-19(16-23(22)32-3)25(31)29-13-11-28(12-14-29)17-24(30)27-21-7-5-20(26)6-8-21/h4-9,16,18H,10-15,17H2,1-3H3,(H,27,30). The minimum Gasteiger partial charge on any atom is -0.493 e. The fourth-order valence-corrected chi connectivity index (χ4v) is 3.55. The molecule has 1 fully saturated rings. The Bertz CT molecular complexity index is 941. The van der Waals surface area contributed by atoms with Crippen molar-refractivity contribution in [3.63, 3.8) is 0 Å². The molecule has 1 heterocycles. The molecule has 0 bridgehead atoms. The average molecular weight is 458 g/mol. The maximum Gasteiger partial charge on any atom is 0.254 e. The van der Waals surface area contributed by atoms with Gasteiger partial charge in [0.1, 0.15) is 5.82 Å². The molecule has 0 aromatic heterocycles. The molecular weight excluding hydrogens is 425 g/mol. The summed E-state index contributed by atoms with van der Waals surface area (Å²) in [7, 11) is 1.56. The van der Waals surface area contributed by atoms with Crippen LogP contribution in [-0.4, -0.2) is 68.1 Å². The van der Waals surface area contributed by atoms with Crippen LogP contribution >= 0.6 is 0 Å². The summed E-state index contributed by atoms with van der Waals surface area (Å²) in [5.74, 6) is 1.13. The summed E-state index contributed by atoms with van der Waals surface area (Å²) in [6.45, 7) is 7.33. The Balaban J connectivity index is 1.50. The molecule has 0 saturated carbocycles. The molecule has 0 spiro atoms. The molecule has 0 aliphatic carbocycles. The van der Waals surface area contributed by atoms with Crippen LogP contribution in [0.1, 0.15) is 30.6 Å². The highest BCUT2D eigenvalue weighted by Gasteiger charge is 2.24. The van der Waals surface area contributed by atoms with Crippen LogP contribution in [0.4, 0.5) is 10.1 Å². The Kier molecular flexibility index (Phi) is 8.65. The summed E-state index contributed by atoms with van der Waals surface area (Å²) in [5, 5.41) is 2.76. The number of hydrogen-bond acceptors (Lipinski definition) is 5. The van der Waals surface area contributed by atoms with Crippen LogP contribution in [0.25, 0.3) is 0 Å². The lowest BCUT2D eigenvalue weighted by atomic mass is 10.1. The van der Waals surface area contributed by atoms with E-state index in [1.54, 1.807) is 30.2 Å². The van der Waals surface area contributed by atoms with E-state index in [1.807, 2.05) is 4.90 Å². The van der Waals surface area contributed by atoms with Gasteiger partial charge >= 0.3 is 0 Å². The number of rotatable bonds is 9. The van der Waals surface area contributed by atoms with Crippen LogP contribution in [-0.2, 0) is 4.79 Å². The molecule has 0 atom stereocenters. The van der Waals surface area contributed by atoms with Crippen LogP contribution in [0.2, 0.25) is 0 Å². The van der Waals surface area contributed by atoms with Crippen molar-refractivity contribution in [3.05, 3.63) is 53.8 Å². The number of nitrogens with zero attached hydrogens (tertiary/aromatic N) is 2. The first kappa shape index (κ1) is 24.5. The monoisotopic (exact) mass is 457 g/mol. The minimum absolute atomic E-state index is 0.0718. The lowest BCUT2D eigenvalue weighted by molar-refractivity contribution is -0.117. The van der Waals surface area contributed by atoms with Gasteiger partial charge in [-0.15, -0.1) is 0 Å². The second-order valence-electron chi connectivity index (χ2n) is 8.52. The number of hydrogen-bond donors (Lipinski definition) is 1. The van der Waals surface area contributed by atoms with E-state index in [9.17, 15) is 14.0 Å². The molecule has 3 rings (SSSR count). The van der Waals surface area contributed by atoms with E-state index in [1.165, 1.54) is 24.3 Å². The Labute approximate surface area is 194 Å². The van der Waals surface area contributed by atoms with Gasteiger partial charge in [-0.3, -0.25) is 14.5 Å². The first-order valence-corrected chi connectivity index (χ1v) is 11.2. The van der Waals surface area contributed by atoms with Crippen LogP contribution in [0.3, 0.4) is 0 Å².